The summed E-state index contributed by atoms with van der Waals surface area (Å²) in [4.78, 5) is 29.0. The number of carbonyl (C=O) groups excluding carboxylic acids is 1. The average molecular weight is 453 g/mol. The molecule has 3 heterocycles. The fraction of sp³-hybridized carbons (Fsp3) is 0.217. The molecule has 0 amide bonds. The summed E-state index contributed by atoms with van der Waals surface area (Å²) in [7, 11) is 1.38. The molecule has 158 valence electrons. The number of aromatic nitrogens is 3. The van der Waals surface area contributed by atoms with Gasteiger partial charge >= 0.3 is 5.97 Å². The van der Waals surface area contributed by atoms with E-state index in [9.17, 15) is 4.79 Å². The summed E-state index contributed by atoms with van der Waals surface area (Å²) in [5, 5.41) is 0.975. The number of pyridine rings is 1. The van der Waals surface area contributed by atoms with E-state index in [1.54, 1.807) is 6.20 Å². The molecule has 0 spiro atoms. The molecule has 0 radical (unpaired) electrons. The lowest BCUT2D eigenvalue weighted by molar-refractivity contribution is 0.0605. The first-order valence-electron chi connectivity index (χ1n) is 9.80. The Morgan fingerprint density at radius 3 is 2.61 bits per heavy atom. The van der Waals surface area contributed by atoms with E-state index in [1.807, 2.05) is 43.3 Å². The van der Waals surface area contributed by atoms with Crippen LogP contribution in [-0.4, -0.2) is 34.6 Å². The summed E-state index contributed by atoms with van der Waals surface area (Å²) in [6.07, 6.45) is 2.53. The number of aryl methyl sites for hydroxylation is 1. The SMILES string of the molecule is COC(=O)c1sc2nc(Cl)nc(N(CCc3ccccn3)Cc3ccccc3)c2c1C. The minimum absolute atomic E-state index is 0.149. The maximum Gasteiger partial charge on any atom is 0.348 e. The Balaban J connectivity index is 1.79. The molecule has 0 unspecified atom stereocenters. The molecule has 1 aromatic carbocycles. The number of carbonyl (C=O) groups is 1. The molecular formula is C23H21ClN4O2S. The van der Waals surface area contributed by atoms with Crippen molar-refractivity contribution in [2.75, 3.05) is 18.6 Å². The standard InChI is InChI=1S/C23H21ClN4O2S/c1-15-18-20(26-23(24)27-21(18)31-19(15)22(29)30-2)28(14-16-8-4-3-5-9-16)13-11-17-10-6-7-12-25-17/h3-10,12H,11,13-14H2,1-2H3. The fourth-order valence-electron chi connectivity index (χ4n) is 3.47. The first-order valence-corrected chi connectivity index (χ1v) is 11.0. The van der Waals surface area contributed by atoms with Gasteiger partial charge in [-0.2, -0.15) is 4.98 Å². The summed E-state index contributed by atoms with van der Waals surface area (Å²) in [6.45, 7) is 3.21. The minimum Gasteiger partial charge on any atom is -0.465 e. The summed E-state index contributed by atoms with van der Waals surface area (Å²) < 4.78 is 4.95. The van der Waals surface area contributed by atoms with Crippen molar-refractivity contribution in [2.24, 2.45) is 0 Å². The van der Waals surface area contributed by atoms with E-state index in [2.05, 4.69) is 32.0 Å². The van der Waals surface area contributed by atoms with Crippen LogP contribution in [0.25, 0.3) is 10.2 Å². The van der Waals surface area contributed by atoms with Crippen molar-refractivity contribution in [1.29, 1.82) is 0 Å². The van der Waals surface area contributed by atoms with E-state index in [4.69, 9.17) is 16.3 Å². The molecule has 0 aliphatic heterocycles. The van der Waals surface area contributed by atoms with Gasteiger partial charge < -0.3 is 9.64 Å². The topological polar surface area (TPSA) is 68.2 Å². The van der Waals surface area contributed by atoms with Gasteiger partial charge in [0.25, 0.3) is 0 Å². The molecule has 4 aromatic rings. The predicted molar refractivity (Wildman–Crippen MR) is 124 cm³/mol. The number of esters is 1. The first-order chi connectivity index (χ1) is 15.1. The fourth-order valence-corrected chi connectivity index (χ4v) is 4.78. The molecule has 0 atom stereocenters. The maximum atomic E-state index is 12.3. The lowest BCUT2D eigenvalue weighted by Crippen LogP contribution is -2.27. The molecule has 6 nitrogen and oxygen atoms in total. The van der Waals surface area contributed by atoms with Gasteiger partial charge in [-0.25, -0.2) is 9.78 Å². The Hall–Kier alpha value is -3.03. The summed E-state index contributed by atoms with van der Waals surface area (Å²) in [5.74, 6) is 0.323. The number of nitrogens with zero attached hydrogens (tertiary/aromatic N) is 4. The van der Waals surface area contributed by atoms with Gasteiger partial charge in [-0.05, 0) is 41.8 Å². The van der Waals surface area contributed by atoms with E-state index < -0.39 is 0 Å². The zero-order valence-electron chi connectivity index (χ0n) is 17.2. The normalized spacial score (nSPS) is 10.9. The van der Waals surface area contributed by atoms with Crippen molar-refractivity contribution in [3.05, 3.63) is 81.7 Å². The average Bonchev–Trinajstić information content (AvgIpc) is 3.13. The Kier molecular flexibility index (Phi) is 6.44. The molecule has 0 bridgehead atoms. The number of benzene rings is 1. The minimum atomic E-state index is -0.384. The Morgan fingerprint density at radius 1 is 1.13 bits per heavy atom. The quantitative estimate of drug-likeness (QED) is 0.287. The summed E-state index contributed by atoms with van der Waals surface area (Å²) in [5.41, 5.74) is 2.94. The first kappa shape index (κ1) is 21.2. The van der Waals surface area contributed by atoms with Crippen LogP contribution in [0.2, 0.25) is 5.28 Å². The highest BCUT2D eigenvalue weighted by Gasteiger charge is 2.23. The highest BCUT2D eigenvalue weighted by molar-refractivity contribution is 7.20. The second kappa shape index (κ2) is 9.41. The predicted octanol–water partition coefficient (Wildman–Crippen LogP) is 5.08. The van der Waals surface area contributed by atoms with Gasteiger partial charge in [0.15, 0.2) is 0 Å². The van der Waals surface area contributed by atoms with Crippen molar-refractivity contribution < 1.29 is 9.53 Å². The Morgan fingerprint density at radius 2 is 1.90 bits per heavy atom. The van der Waals surface area contributed by atoms with Gasteiger partial charge in [-0.1, -0.05) is 36.4 Å². The number of hydrogen-bond donors (Lipinski definition) is 0. The van der Waals surface area contributed by atoms with Crippen LogP contribution in [0.3, 0.4) is 0 Å². The van der Waals surface area contributed by atoms with E-state index in [-0.39, 0.29) is 11.3 Å². The van der Waals surface area contributed by atoms with Crippen LogP contribution in [0, 0.1) is 6.92 Å². The highest BCUT2D eigenvalue weighted by atomic mass is 35.5. The molecule has 0 saturated heterocycles. The van der Waals surface area contributed by atoms with Gasteiger partial charge in [-0.15, -0.1) is 11.3 Å². The second-order valence-corrected chi connectivity index (χ2v) is 8.36. The zero-order chi connectivity index (χ0) is 21.8. The number of methoxy groups -OCH3 is 1. The van der Waals surface area contributed by atoms with Gasteiger partial charge in [-0.3, -0.25) is 4.98 Å². The molecule has 8 heteroatoms. The van der Waals surface area contributed by atoms with E-state index in [0.29, 0.717) is 28.6 Å². The maximum absolute atomic E-state index is 12.3. The third kappa shape index (κ3) is 4.68. The highest BCUT2D eigenvalue weighted by Crippen LogP contribution is 2.37. The lowest BCUT2D eigenvalue weighted by atomic mass is 10.1. The van der Waals surface area contributed by atoms with Gasteiger partial charge in [0.1, 0.15) is 15.5 Å². The van der Waals surface area contributed by atoms with Gasteiger partial charge in [0.2, 0.25) is 5.28 Å². The van der Waals surface area contributed by atoms with Crippen LogP contribution in [0.4, 0.5) is 5.82 Å². The molecule has 4 rings (SSSR count). The van der Waals surface area contributed by atoms with Crippen LogP contribution in [-0.2, 0) is 17.7 Å². The van der Waals surface area contributed by atoms with Crippen molar-refractivity contribution in [3.8, 4) is 0 Å². The van der Waals surface area contributed by atoms with E-state index >= 15 is 0 Å². The van der Waals surface area contributed by atoms with Crippen LogP contribution in [0.15, 0.2) is 54.7 Å². The van der Waals surface area contributed by atoms with Crippen LogP contribution in [0.5, 0.6) is 0 Å². The zero-order valence-corrected chi connectivity index (χ0v) is 18.8. The number of fused-ring (bicyclic) bond motifs is 1. The van der Waals surface area contributed by atoms with E-state index in [0.717, 1.165) is 28.6 Å². The third-order valence-electron chi connectivity index (χ3n) is 4.99. The van der Waals surface area contributed by atoms with Crippen LogP contribution >= 0.6 is 22.9 Å². The van der Waals surface area contributed by atoms with Crippen LogP contribution in [0.1, 0.15) is 26.5 Å². The lowest BCUT2D eigenvalue weighted by Gasteiger charge is -2.25. The molecule has 0 fully saturated rings. The van der Waals surface area contributed by atoms with Crippen molar-refractivity contribution in [1.82, 2.24) is 15.0 Å². The second-order valence-electron chi connectivity index (χ2n) is 7.02. The molecule has 3 aromatic heterocycles. The molecule has 0 aliphatic carbocycles. The molecule has 0 aliphatic rings. The third-order valence-corrected chi connectivity index (χ3v) is 6.33. The number of hydrogen-bond acceptors (Lipinski definition) is 7. The Labute approximate surface area is 189 Å². The monoisotopic (exact) mass is 452 g/mol. The van der Waals surface area contributed by atoms with Gasteiger partial charge in [0.05, 0.1) is 12.5 Å². The molecule has 31 heavy (non-hydrogen) atoms. The van der Waals surface area contributed by atoms with Crippen LogP contribution < -0.4 is 4.90 Å². The Bertz CT molecular complexity index is 1200. The van der Waals surface area contributed by atoms with Gasteiger partial charge in [0, 0.05) is 31.4 Å². The number of anilines is 1. The molecule has 0 N–H and O–H groups in total. The summed E-state index contributed by atoms with van der Waals surface area (Å²) in [6, 6.07) is 16.1. The summed E-state index contributed by atoms with van der Waals surface area (Å²) >= 11 is 7.57. The molecular weight excluding hydrogens is 432 g/mol. The number of ether oxygens (including phenoxy) is 1. The van der Waals surface area contributed by atoms with E-state index in [1.165, 1.54) is 18.4 Å². The number of thiophene rings is 1. The van der Waals surface area contributed by atoms with Crippen molar-refractivity contribution in [2.45, 2.75) is 19.9 Å². The number of rotatable bonds is 7. The molecule has 0 saturated carbocycles. The number of halogens is 1. The van der Waals surface area contributed by atoms with Crippen molar-refractivity contribution in [3.63, 3.8) is 0 Å². The largest absolute Gasteiger partial charge is 0.465 e. The smallest absolute Gasteiger partial charge is 0.348 e. The van der Waals surface area contributed by atoms with Crippen molar-refractivity contribution >= 4 is 44.9 Å².